The third-order valence-corrected chi connectivity index (χ3v) is 3.50. The van der Waals surface area contributed by atoms with Gasteiger partial charge in [-0.3, -0.25) is 4.98 Å². The first-order valence-corrected chi connectivity index (χ1v) is 7.45. The number of pyridine rings is 2. The molecular formula is C13H14N2O3S. The van der Waals surface area contributed by atoms with Crippen LogP contribution in [0.15, 0.2) is 49.1 Å². The van der Waals surface area contributed by atoms with Gasteiger partial charge in [0, 0.05) is 36.7 Å². The van der Waals surface area contributed by atoms with Gasteiger partial charge in [0.25, 0.3) is 0 Å². The van der Waals surface area contributed by atoms with Gasteiger partial charge < -0.3 is 4.55 Å². The SMILES string of the molecule is O=S(=O)([O-])CCC[n+]1ccc(-c2ccncc2)cc1. The molecule has 2 heterocycles. The molecule has 0 atom stereocenters. The van der Waals surface area contributed by atoms with Gasteiger partial charge in [-0.15, -0.1) is 0 Å². The summed E-state index contributed by atoms with van der Waals surface area (Å²) in [4.78, 5) is 3.96. The van der Waals surface area contributed by atoms with E-state index in [0.717, 1.165) is 11.1 Å². The molecule has 19 heavy (non-hydrogen) atoms. The summed E-state index contributed by atoms with van der Waals surface area (Å²) in [5.41, 5.74) is 2.14. The topological polar surface area (TPSA) is 74.0 Å². The molecule has 2 aromatic rings. The molecular weight excluding hydrogens is 264 g/mol. The molecule has 0 aromatic carbocycles. The Labute approximate surface area is 112 Å². The van der Waals surface area contributed by atoms with Crippen LogP contribution in [0.3, 0.4) is 0 Å². The standard InChI is InChI=1S/C13H14N2O3S/c16-19(17,18)11-1-8-15-9-4-13(5-10-15)12-2-6-14-7-3-12/h2-7,9-10H,1,8,11H2. The smallest absolute Gasteiger partial charge is 0.169 e. The highest BCUT2D eigenvalue weighted by molar-refractivity contribution is 7.85. The minimum Gasteiger partial charge on any atom is -0.748 e. The quantitative estimate of drug-likeness (QED) is 0.603. The predicted octanol–water partition coefficient (Wildman–Crippen LogP) is 0.971. The van der Waals surface area contributed by atoms with Gasteiger partial charge in [-0.25, -0.2) is 13.0 Å². The van der Waals surface area contributed by atoms with E-state index in [2.05, 4.69) is 4.98 Å². The Bertz CT molecular complexity index is 625. The van der Waals surface area contributed by atoms with Gasteiger partial charge in [-0.05, 0) is 23.3 Å². The number of aromatic nitrogens is 2. The molecule has 100 valence electrons. The highest BCUT2D eigenvalue weighted by atomic mass is 32.2. The summed E-state index contributed by atoms with van der Waals surface area (Å²) in [7, 11) is -4.12. The highest BCUT2D eigenvalue weighted by Crippen LogP contribution is 2.15. The lowest BCUT2D eigenvalue weighted by Gasteiger charge is -2.04. The number of rotatable bonds is 5. The minimum absolute atomic E-state index is 0.325. The van der Waals surface area contributed by atoms with E-state index < -0.39 is 10.1 Å². The average Bonchev–Trinajstić information content (AvgIpc) is 2.39. The van der Waals surface area contributed by atoms with Crippen molar-refractivity contribution in [3.63, 3.8) is 0 Å². The molecule has 0 radical (unpaired) electrons. The summed E-state index contributed by atoms with van der Waals surface area (Å²) in [6.07, 6.45) is 7.52. The fourth-order valence-electron chi connectivity index (χ4n) is 1.77. The summed E-state index contributed by atoms with van der Waals surface area (Å²) in [5, 5.41) is 0. The monoisotopic (exact) mass is 278 g/mol. The molecule has 0 saturated carbocycles. The van der Waals surface area contributed by atoms with Crippen molar-refractivity contribution >= 4 is 10.1 Å². The van der Waals surface area contributed by atoms with Crippen LogP contribution in [-0.2, 0) is 16.7 Å². The largest absolute Gasteiger partial charge is 0.748 e. The molecule has 0 amide bonds. The van der Waals surface area contributed by atoms with E-state index in [0.29, 0.717) is 13.0 Å². The van der Waals surface area contributed by atoms with Crippen molar-refractivity contribution in [2.45, 2.75) is 13.0 Å². The van der Waals surface area contributed by atoms with Crippen LogP contribution in [0.2, 0.25) is 0 Å². The van der Waals surface area contributed by atoms with Crippen LogP contribution < -0.4 is 4.57 Å². The molecule has 5 nitrogen and oxygen atoms in total. The van der Waals surface area contributed by atoms with E-state index in [9.17, 15) is 13.0 Å². The second-order valence-electron chi connectivity index (χ2n) is 4.18. The van der Waals surface area contributed by atoms with E-state index in [-0.39, 0.29) is 5.75 Å². The lowest BCUT2D eigenvalue weighted by atomic mass is 10.1. The molecule has 0 saturated heterocycles. The third kappa shape index (κ3) is 4.42. The first-order valence-electron chi connectivity index (χ1n) is 5.88. The van der Waals surface area contributed by atoms with Crippen molar-refractivity contribution in [1.82, 2.24) is 4.98 Å². The van der Waals surface area contributed by atoms with Crippen LogP contribution in [0.25, 0.3) is 11.1 Å². The summed E-state index contributed by atoms with van der Waals surface area (Å²) in [6, 6.07) is 7.73. The Morgan fingerprint density at radius 1 is 1.05 bits per heavy atom. The molecule has 0 aliphatic heterocycles. The highest BCUT2D eigenvalue weighted by Gasteiger charge is 2.04. The van der Waals surface area contributed by atoms with Crippen molar-refractivity contribution < 1.29 is 17.5 Å². The van der Waals surface area contributed by atoms with Crippen LogP contribution in [0.5, 0.6) is 0 Å². The lowest BCUT2D eigenvalue weighted by Crippen LogP contribution is -2.33. The second-order valence-corrected chi connectivity index (χ2v) is 5.70. The van der Waals surface area contributed by atoms with Crippen molar-refractivity contribution in [2.75, 3.05) is 5.75 Å². The minimum atomic E-state index is -4.12. The fraction of sp³-hybridized carbons (Fsp3) is 0.231. The zero-order valence-corrected chi connectivity index (χ0v) is 11.1. The van der Waals surface area contributed by atoms with Crippen molar-refractivity contribution in [2.24, 2.45) is 0 Å². The molecule has 0 spiro atoms. The van der Waals surface area contributed by atoms with Gasteiger partial charge in [-0.1, -0.05) is 0 Å². The summed E-state index contributed by atoms with van der Waals surface area (Å²) >= 11 is 0. The van der Waals surface area contributed by atoms with Gasteiger partial charge in [0.1, 0.15) is 6.54 Å². The number of hydrogen-bond donors (Lipinski definition) is 0. The van der Waals surface area contributed by atoms with E-state index in [1.165, 1.54) is 0 Å². The molecule has 0 bridgehead atoms. The molecule has 2 aromatic heterocycles. The maximum Gasteiger partial charge on any atom is 0.169 e. The number of aryl methyl sites for hydroxylation is 1. The first-order chi connectivity index (χ1) is 9.04. The Hall–Kier alpha value is -1.79. The van der Waals surface area contributed by atoms with Crippen molar-refractivity contribution in [3.05, 3.63) is 49.1 Å². The molecule has 0 fully saturated rings. The van der Waals surface area contributed by atoms with Gasteiger partial charge in [0.05, 0.1) is 10.1 Å². The molecule has 0 N–H and O–H groups in total. The zero-order valence-electron chi connectivity index (χ0n) is 10.3. The van der Waals surface area contributed by atoms with Gasteiger partial charge in [0.2, 0.25) is 0 Å². The average molecular weight is 278 g/mol. The summed E-state index contributed by atoms with van der Waals surface area (Å²) in [6.45, 7) is 0.512. The van der Waals surface area contributed by atoms with E-state index in [4.69, 9.17) is 0 Å². The lowest BCUT2D eigenvalue weighted by molar-refractivity contribution is -0.696. The van der Waals surface area contributed by atoms with Crippen LogP contribution in [0.4, 0.5) is 0 Å². The van der Waals surface area contributed by atoms with E-state index in [1.807, 2.05) is 41.2 Å². The molecule has 2 rings (SSSR count). The van der Waals surface area contributed by atoms with E-state index in [1.54, 1.807) is 12.4 Å². The predicted molar refractivity (Wildman–Crippen MR) is 69.0 cm³/mol. The van der Waals surface area contributed by atoms with E-state index >= 15 is 0 Å². The summed E-state index contributed by atoms with van der Waals surface area (Å²) in [5.74, 6) is -0.327. The zero-order chi connectivity index (χ0) is 13.7. The van der Waals surface area contributed by atoms with Crippen LogP contribution in [0, 0.1) is 0 Å². The maximum absolute atomic E-state index is 10.5. The second kappa shape index (κ2) is 5.90. The molecule has 0 aliphatic rings. The Kier molecular flexibility index (Phi) is 4.24. The number of nitrogens with zero attached hydrogens (tertiary/aromatic N) is 2. The molecule has 0 unspecified atom stereocenters. The maximum atomic E-state index is 10.5. The fourth-order valence-corrected chi connectivity index (χ4v) is 2.25. The van der Waals surface area contributed by atoms with Gasteiger partial charge in [-0.2, -0.15) is 0 Å². The molecule has 0 aliphatic carbocycles. The van der Waals surface area contributed by atoms with Crippen LogP contribution in [0.1, 0.15) is 6.42 Å². The van der Waals surface area contributed by atoms with Crippen molar-refractivity contribution in [3.8, 4) is 11.1 Å². The van der Waals surface area contributed by atoms with Crippen LogP contribution in [-0.4, -0.2) is 23.7 Å². The van der Waals surface area contributed by atoms with Crippen molar-refractivity contribution in [1.29, 1.82) is 0 Å². The number of hydrogen-bond acceptors (Lipinski definition) is 4. The Balaban J connectivity index is 1.99. The Morgan fingerprint density at radius 3 is 2.21 bits per heavy atom. The molecule has 6 heteroatoms. The third-order valence-electron chi connectivity index (χ3n) is 2.72. The first kappa shape index (κ1) is 13.6. The Morgan fingerprint density at radius 2 is 1.63 bits per heavy atom. The normalized spacial score (nSPS) is 11.4. The van der Waals surface area contributed by atoms with Gasteiger partial charge >= 0.3 is 0 Å². The van der Waals surface area contributed by atoms with Crippen LogP contribution >= 0.6 is 0 Å². The summed E-state index contributed by atoms with van der Waals surface area (Å²) < 4.78 is 33.3. The van der Waals surface area contributed by atoms with Gasteiger partial charge in [0.15, 0.2) is 12.4 Å².